The van der Waals surface area contributed by atoms with Crippen LogP contribution in [0.1, 0.15) is 83.5 Å². The molecule has 2 saturated heterocycles. The molecule has 11 nitrogen and oxygen atoms in total. The van der Waals surface area contributed by atoms with Crippen LogP contribution in [0, 0.1) is 31.8 Å². The predicted octanol–water partition coefficient (Wildman–Crippen LogP) is 9.15. The van der Waals surface area contributed by atoms with Crippen molar-refractivity contribution in [3.8, 4) is 0 Å². The van der Waals surface area contributed by atoms with Gasteiger partial charge in [0, 0.05) is 56.8 Å². The predicted molar refractivity (Wildman–Crippen MR) is 232 cm³/mol. The van der Waals surface area contributed by atoms with E-state index in [9.17, 15) is 9.59 Å². The van der Waals surface area contributed by atoms with Crippen molar-refractivity contribution in [1.29, 1.82) is 0 Å². The van der Waals surface area contributed by atoms with Crippen molar-refractivity contribution < 1.29 is 14.3 Å². The summed E-state index contributed by atoms with van der Waals surface area (Å²) in [5.74, 6) is 0.426. The maximum Gasteiger partial charge on any atom is 0.339 e. The van der Waals surface area contributed by atoms with Gasteiger partial charge in [-0.25, -0.2) is 24.7 Å². The van der Waals surface area contributed by atoms with Crippen LogP contribution in [0.25, 0.3) is 0 Å². The molecule has 0 unspecified atom stereocenters. The van der Waals surface area contributed by atoms with E-state index in [1.165, 1.54) is 58.5 Å². The molecule has 2 aromatic heterocycles. The molecule has 1 amide bonds. The minimum absolute atomic E-state index is 0.133. The summed E-state index contributed by atoms with van der Waals surface area (Å²) in [4.78, 5) is 45.1. The maximum absolute atomic E-state index is 12.9. The average molecular weight is 998 g/mol. The number of piperidine rings is 2. The van der Waals surface area contributed by atoms with Crippen LogP contribution >= 0.6 is 68.4 Å². The van der Waals surface area contributed by atoms with Crippen LogP contribution in [0.3, 0.4) is 0 Å². The summed E-state index contributed by atoms with van der Waals surface area (Å²) in [5, 5.41) is 3.20. The Bertz CT molecular complexity index is 1940. The SMILES string of the molecule is COC(=O)c1ccc(I)cc1N1CCC2(CC1)CC2.Cc1cc(N)nc(Cl)n1.Cc1cc(NC(=O)c2ccc(I)cc2N2CCC3(CC2)CC3)nc(Cl)n1. The number of halogens is 4. The summed E-state index contributed by atoms with van der Waals surface area (Å²) >= 11 is 15.9. The first-order chi connectivity index (χ1) is 25.8. The molecule has 54 heavy (non-hydrogen) atoms. The van der Waals surface area contributed by atoms with Crippen LogP contribution in [0.2, 0.25) is 10.6 Å². The fourth-order valence-corrected chi connectivity index (χ4v) is 8.55. The zero-order chi connectivity index (χ0) is 38.6. The van der Waals surface area contributed by atoms with Crippen LogP contribution in [0.5, 0.6) is 0 Å². The normalized spacial score (nSPS) is 17.5. The first kappa shape index (κ1) is 40.6. The molecule has 2 aromatic carbocycles. The minimum Gasteiger partial charge on any atom is -0.465 e. The summed E-state index contributed by atoms with van der Waals surface area (Å²) in [6.07, 6.45) is 10.5. The van der Waals surface area contributed by atoms with Crippen LogP contribution in [-0.4, -0.2) is 65.1 Å². The number of aryl methyl sites for hydroxylation is 2. The number of esters is 1. The van der Waals surface area contributed by atoms with Crippen LogP contribution in [-0.2, 0) is 4.74 Å². The van der Waals surface area contributed by atoms with Gasteiger partial charge in [-0.1, -0.05) is 0 Å². The lowest BCUT2D eigenvalue weighted by Crippen LogP contribution is -2.35. The summed E-state index contributed by atoms with van der Waals surface area (Å²) in [6, 6.07) is 15.3. The quantitative estimate of drug-likeness (QED) is 0.113. The van der Waals surface area contributed by atoms with Gasteiger partial charge in [0.15, 0.2) is 0 Å². The average Bonchev–Trinajstić information content (AvgIpc) is 4.06. The molecule has 4 fully saturated rings. The van der Waals surface area contributed by atoms with E-state index in [0.29, 0.717) is 39.3 Å². The van der Waals surface area contributed by atoms with Crippen LogP contribution in [0.15, 0.2) is 48.5 Å². The van der Waals surface area contributed by atoms with E-state index in [2.05, 4.69) is 92.4 Å². The number of hydrogen-bond donors (Lipinski definition) is 2. The summed E-state index contributed by atoms with van der Waals surface area (Å²) in [7, 11) is 1.44. The van der Waals surface area contributed by atoms with Crippen molar-refractivity contribution in [2.45, 2.75) is 65.2 Å². The number of carbonyl (C=O) groups is 2. The third kappa shape index (κ3) is 10.6. The van der Waals surface area contributed by atoms with E-state index in [1.54, 1.807) is 12.1 Å². The number of nitrogens with two attached hydrogens (primary N) is 1. The van der Waals surface area contributed by atoms with E-state index in [0.717, 1.165) is 50.4 Å². The number of nitrogens with one attached hydrogen (secondary N) is 1. The highest BCUT2D eigenvalue weighted by atomic mass is 127. The Morgan fingerprint density at radius 3 is 1.61 bits per heavy atom. The van der Waals surface area contributed by atoms with Crippen molar-refractivity contribution in [2.24, 2.45) is 10.8 Å². The molecule has 0 bridgehead atoms. The number of aromatic nitrogens is 4. The van der Waals surface area contributed by atoms with Gasteiger partial charge < -0.3 is 25.6 Å². The van der Waals surface area contributed by atoms with E-state index >= 15 is 0 Å². The van der Waals surface area contributed by atoms with E-state index in [-0.39, 0.29) is 22.4 Å². The molecule has 3 N–H and O–H groups in total. The van der Waals surface area contributed by atoms with E-state index < -0.39 is 0 Å². The molecule has 4 aliphatic rings. The second kappa shape index (κ2) is 17.4. The smallest absolute Gasteiger partial charge is 0.339 e. The summed E-state index contributed by atoms with van der Waals surface area (Å²) < 4.78 is 7.18. The second-order valence-corrected chi connectivity index (χ2v) is 17.8. The van der Waals surface area contributed by atoms with Crippen LogP contribution in [0.4, 0.5) is 23.0 Å². The zero-order valence-corrected chi connectivity index (χ0v) is 36.4. The molecular formula is C39H44Cl2I2N8O3. The second-order valence-electron chi connectivity index (χ2n) is 14.6. The first-order valence-corrected chi connectivity index (χ1v) is 20.9. The fraction of sp³-hybridized carbons (Fsp3) is 0.436. The van der Waals surface area contributed by atoms with Crippen molar-refractivity contribution in [3.05, 3.63) is 88.8 Å². The molecular weight excluding hydrogens is 953 g/mol. The Morgan fingerprint density at radius 1 is 0.704 bits per heavy atom. The van der Waals surface area contributed by atoms with E-state index in [4.69, 9.17) is 33.7 Å². The number of carbonyl (C=O) groups excluding carboxylic acids is 2. The molecule has 0 radical (unpaired) electrons. The maximum atomic E-state index is 12.9. The fourth-order valence-electron chi connectivity index (χ4n) is 7.14. The van der Waals surface area contributed by atoms with Gasteiger partial charge >= 0.3 is 5.97 Å². The van der Waals surface area contributed by atoms with Gasteiger partial charge in [0.25, 0.3) is 5.91 Å². The summed E-state index contributed by atoms with van der Waals surface area (Å²) in [5.41, 5.74) is 11.5. The van der Waals surface area contributed by atoms with Crippen LogP contribution < -0.4 is 20.9 Å². The molecule has 0 atom stereocenters. The highest BCUT2D eigenvalue weighted by Crippen LogP contribution is 2.55. The third-order valence-corrected chi connectivity index (χ3v) is 12.4. The molecule has 2 spiro atoms. The number of amides is 1. The number of methoxy groups -OCH3 is 1. The van der Waals surface area contributed by atoms with Crippen molar-refractivity contribution in [1.82, 2.24) is 19.9 Å². The Hall–Kier alpha value is -3.02. The number of hydrogen-bond acceptors (Lipinski definition) is 10. The molecule has 8 rings (SSSR count). The zero-order valence-electron chi connectivity index (χ0n) is 30.6. The number of nitrogen functional groups attached to an aromatic ring is 1. The molecule has 2 aliphatic heterocycles. The molecule has 15 heteroatoms. The number of rotatable bonds is 5. The first-order valence-electron chi connectivity index (χ1n) is 18.0. The standard InChI is InChI=1S/C19H20ClIN4O.C15H18INO2.C5H6ClN3/c1-12-10-16(24-18(20)22-12)23-17(26)14-3-2-13(21)11-15(14)25-8-6-19(4-5-19)7-9-25;1-19-14(18)12-3-2-11(16)10-13(12)17-8-6-15(4-5-15)7-9-17;1-3-2-4(7)9-5(6)8-3/h2-3,10-11H,4-9H2,1H3,(H,22,23,24,26);2-3,10H,4-9H2,1H3;2H,1H3,(H2,7,8,9). The highest BCUT2D eigenvalue weighted by molar-refractivity contribution is 14.1. The Morgan fingerprint density at radius 2 is 1.17 bits per heavy atom. The van der Waals surface area contributed by atoms with Gasteiger partial charge in [0.2, 0.25) is 10.6 Å². The van der Waals surface area contributed by atoms with Gasteiger partial charge in [-0.3, -0.25) is 4.79 Å². The number of anilines is 4. The number of nitrogens with zero attached hydrogens (tertiary/aromatic N) is 6. The van der Waals surface area contributed by atoms with E-state index in [1.807, 2.05) is 38.1 Å². The molecule has 4 aromatic rings. The Labute approximate surface area is 353 Å². The van der Waals surface area contributed by atoms with Gasteiger partial charge in [-0.2, -0.15) is 0 Å². The number of ether oxygens (including phenoxy) is 1. The minimum atomic E-state index is -0.238. The van der Waals surface area contributed by atoms with Gasteiger partial charge in [-0.15, -0.1) is 0 Å². The van der Waals surface area contributed by atoms with Gasteiger partial charge in [-0.05, 0) is 181 Å². The van der Waals surface area contributed by atoms with Crippen molar-refractivity contribution in [3.63, 3.8) is 0 Å². The molecule has 2 aliphatic carbocycles. The van der Waals surface area contributed by atoms with Crippen molar-refractivity contribution in [2.75, 3.05) is 54.1 Å². The van der Waals surface area contributed by atoms with Gasteiger partial charge in [0.1, 0.15) is 11.6 Å². The Kier molecular flexibility index (Phi) is 13.1. The lowest BCUT2D eigenvalue weighted by Gasteiger charge is -2.35. The highest BCUT2D eigenvalue weighted by Gasteiger charge is 2.45. The molecule has 4 heterocycles. The molecule has 2 saturated carbocycles. The monoisotopic (exact) mass is 996 g/mol. The van der Waals surface area contributed by atoms with Gasteiger partial charge in [0.05, 0.1) is 29.6 Å². The topological polar surface area (TPSA) is 139 Å². The lowest BCUT2D eigenvalue weighted by molar-refractivity contribution is 0.0601. The van der Waals surface area contributed by atoms with Crippen molar-refractivity contribution >= 4 is 103 Å². The lowest BCUT2D eigenvalue weighted by atomic mass is 9.93. The third-order valence-electron chi connectivity index (χ3n) is 10.7. The Balaban J connectivity index is 0.000000155. The summed E-state index contributed by atoms with van der Waals surface area (Å²) in [6.45, 7) is 7.77. The molecule has 286 valence electrons. The number of benzene rings is 2. The largest absolute Gasteiger partial charge is 0.465 e.